The maximum absolute atomic E-state index is 12.4. The molecule has 1 aromatic heterocycles. The van der Waals surface area contributed by atoms with Gasteiger partial charge in [0, 0.05) is 24.2 Å². The molecular formula is C16H18F3N3OS. The van der Waals surface area contributed by atoms with Gasteiger partial charge in [0.2, 0.25) is 5.91 Å². The summed E-state index contributed by atoms with van der Waals surface area (Å²) < 4.78 is 38.2. The Bertz CT molecular complexity index is 668. The average molecular weight is 357 g/mol. The van der Waals surface area contributed by atoms with Crippen molar-refractivity contribution in [2.75, 3.05) is 12.3 Å². The molecule has 0 atom stereocenters. The van der Waals surface area contributed by atoms with Gasteiger partial charge in [0.15, 0.2) is 5.69 Å². The third kappa shape index (κ3) is 5.92. The summed E-state index contributed by atoms with van der Waals surface area (Å²) in [6.07, 6.45) is -3.34. The molecule has 0 aliphatic carbocycles. The summed E-state index contributed by atoms with van der Waals surface area (Å²) in [5, 5.41) is 6.01. The van der Waals surface area contributed by atoms with Crippen molar-refractivity contribution in [3.8, 4) is 0 Å². The molecule has 130 valence electrons. The van der Waals surface area contributed by atoms with Crippen molar-refractivity contribution in [3.05, 3.63) is 53.3 Å². The number of hydrogen-bond acceptors (Lipinski definition) is 3. The van der Waals surface area contributed by atoms with Crippen molar-refractivity contribution in [2.45, 2.75) is 25.4 Å². The zero-order chi connectivity index (χ0) is 17.6. The summed E-state index contributed by atoms with van der Waals surface area (Å²) in [6, 6.07) is 9.09. The minimum atomic E-state index is -4.49. The molecule has 0 aliphatic heterocycles. The number of benzene rings is 1. The average Bonchev–Trinajstić information content (AvgIpc) is 2.97. The third-order valence-electron chi connectivity index (χ3n) is 3.19. The first-order valence-electron chi connectivity index (χ1n) is 7.35. The Morgan fingerprint density at radius 2 is 1.96 bits per heavy atom. The molecule has 8 heteroatoms. The van der Waals surface area contributed by atoms with E-state index >= 15 is 0 Å². The van der Waals surface area contributed by atoms with Crippen LogP contribution in [0.3, 0.4) is 0 Å². The van der Waals surface area contributed by atoms with Crippen LogP contribution in [0.4, 0.5) is 13.2 Å². The van der Waals surface area contributed by atoms with E-state index in [0.29, 0.717) is 6.54 Å². The quantitative estimate of drug-likeness (QED) is 0.774. The molecule has 0 radical (unpaired) electrons. The van der Waals surface area contributed by atoms with E-state index in [2.05, 4.69) is 34.7 Å². The lowest BCUT2D eigenvalue weighted by molar-refractivity contribution is -0.141. The van der Waals surface area contributed by atoms with Crippen LogP contribution in [0, 0.1) is 6.92 Å². The van der Waals surface area contributed by atoms with Crippen LogP contribution in [0.1, 0.15) is 16.8 Å². The second kappa shape index (κ2) is 8.23. The molecule has 2 rings (SSSR count). The molecule has 0 aliphatic rings. The van der Waals surface area contributed by atoms with E-state index in [1.807, 2.05) is 6.92 Å². The van der Waals surface area contributed by atoms with Crippen LogP contribution in [-0.4, -0.2) is 28.0 Å². The third-order valence-corrected chi connectivity index (χ3v) is 4.22. The van der Waals surface area contributed by atoms with E-state index in [-0.39, 0.29) is 12.5 Å². The lowest BCUT2D eigenvalue weighted by Crippen LogP contribution is -2.29. The molecule has 0 bridgehead atoms. The van der Waals surface area contributed by atoms with Gasteiger partial charge in [-0.05, 0) is 18.6 Å². The lowest BCUT2D eigenvalue weighted by atomic mass is 10.2. The Morgan fingerprint density at radius 3 is 2.58 bits per heavy atom. The summed E-state index contributed by atoms with van der Waals surface area (Å²) in [4.78, 5) is 11.7. The summed E-state index contributed by atoms with van der Waals surface area (Å²) in [5.74, 6) is 1.22. The van der Waals surface area contributed by atoms with E-state index in [4.69, 9.17) is 0 Å². The maximum Gasteiger partial charge on any atom is 0.435 e. The van der Waals surface area contributed by atoms with Crippen molar-refractivity contribution < 1.29 is 18.0 Å². The molecule has 24 heavy (non-hydrogen) atoms. The number of aromatic nitrogens is 2. The number of aryl methyl sites for hydroxylation is 1. The molecule has 1 N–H and O–H groups in total. The van der Waals surface area contributed by atoms with Gasteiger partial charge in [0.1, 0.15) is 6.54 Å². The molecule has 0 spiro atoms. The molecule has 2 aromatic rings. The zero-order valence-electron chi connectivity index (χ0n) is 13.1. The highest BCUT2D eigenvalue weighted by Gasteiger charge is 2.33. The molecule has 4 nitrogen and oxygen atoms in total. The number of thioether (sulfide) groups is 1. The van der Waals surface area contributed by atoms with Crippen LogP contribution >= 0.6 is 11.8 Å². The Morgan fingerprint density at radius 1 is 1.25 bits per heavy atom. The van der Waals surface area contributed by atoms with Gasteiger partial charge in [-0.1, -0.05) is 29.8 Å². The first kappa shape index (κ1) is 18.4. The molecule has 0 saturated carbocycles. The Labute approximate surface area is 142 Å². The van der Waals surface area contributed by atoms with Gasteiger partial charge >= 0.3 is 6.18 Å². The van der Waals surface area contributed by atoms with Gasteiger partial charge in [-0.25, -0.2) is 0 Å². The van der Waals surface area contributed by atoms with Crippen LogP contribution < -0.4 is 5.32 Å². The van der Waals surface area contributed by atoms with Gasteiger partial charge in [-0.3, -0.25) is 9.48 Å². The highest BCUT2D eigenvalue weighted by atomic mass is 32.2. The molecule has 0 unspecified atom stereocenters. The first-order chi connectivity index (χ1) is 11.3. The van der Waals surface area contributed by atoms with Crippen molar-refractivity contribution in [1.82, 2.24) is 15.1 Å². The van der Waals surface area contributed by atoms with Gasteiger partial charge in [-0.2, -0.15) is 30.0 Å². The number of alkyl halides is 3. The van der Waals surface area contributed by atoms with E-state index in [0.717, 1.165) is 28.5 Å². The SMILES string of the molecule is Cc1ccc(CSCCNC(=O)Cn2ccc(C(F)(F)F)n2)cc1. The minimum Gasteiger partial charge on any atom is -0.354 e. The molecule has 1 amide bonds. The largest absolute Gasteiger partial charge is 0.435 e. The highest BCUT2D eigenvalue weighted by molar-refractivity contribution is 7.98. The van der Waals surface area contributed by atoms with Crippen molar-refractivity contribution in [3.63, 3.8) is 0 Å². The fourth-order valence-electron chi connectivity index (χ4n) is 1.94. The van der Waals surface area contributed by atoms with Crippen LogP contribution in [0.25, 0.3) is 0 Å². The standard InChI is InChI=1S/C16H18F3N3OS/c1-12-2-4-13(5-3-12)11-24-9-7-20-15(23)10-22-8-6-14(21-22)16(17,18)19/h2-6,8H,7,9-11H2,1H3,(H,20,23). The number of halogens is 3. The molecule has 0 saturated heterocycles. The second-order valence-corrected chi connectivity index (χ2v) is 6.39. The van der Waals surface area contributed by atoms with Crippen LogP contribution in [-0.2, 0) is 23.3 Å². The second-order valence-electron chi connectivity index (χ2n) is 5.28. The summed E-state index contributed by atoms with van der Waals surface area (Å²) in [5.41, 5.74) is 1.43. The summed E-state index contributed by atoms with van der Waals surface area (Å²) in [6.45, 7) is 2.27. The van der Waals surface area contributed by atoms with Gasteiger partial charge < -0.3 is 5.32 Å². The predicted molar refractivity (Wildman–Crippen MR) is 87.6 cm³/mol. The van der Waals surface area contributed by atoms with Gasteiger partial charge in [0.05, 0.1) is 0 Å². The fraction of sp³-hybridized carbons (Fsp3) is 0.375. The Balaban J connectivity index is 1.64. The number of carbonyl (C=O) groups excluding carboxylic acids is 1. The van der Waals surface area contributed by atoms with Crippen LogP contribution in [0.2, 0.25) is 0 Å². The molecule has 0 fully saturated rings. The van der Waals surface area contributed by atoms with E-state index < -0.39 is 11.9 Å². The normalized spacial score (nSPS) is 11.5. The molecule has 1 heterocycles. The number of rotatable bonds is 7. The molecule has 1 aromatic carbocycles. The number of amides is 1. The summed E-state index contributed by atoms with van der Waals surface area (Å²) >= 11 is 1.68. The monoisotopic (exact) mass is 357 g/mol. The Kier molecular flexibility index (Phi) is 6.30. The number of nitrogens with one attached hydrogen (secondary N) is 1. The smallest absolute Gasteiger partial charge is 0.354 e. The summed E-state index contributed by atoms with van der Waals surface area (Å²) in [7, 11) is 0. The van der Waals surface area contributed by atoms with Gasteiger partial charge in [-0.15, -0.1) is 0 Å². The lowest BCUT2D eigenvalue weighted by Gasteiger charge is -2.06. The number of hydrogen-bond donors (Lipinski definition) is 1. The topological polar surface area (TPSA) is 46.9 Å². The van der Waals surface area contributed by atoms with E-state index in [1.165, 1.54) is 11.1 Å². The van der Waals surface area contributed by atoms with Crippen LogP contribution in [0.5, 0.6) is 0 Å². The number of nitrogens with zero attached hydrogens (tertiary/aromatic N) is 2. The van der Waals surface area contributed by atoms with E-state index in [1.54, 1.807) is 11.8 Å². The van der Waals surface area contributed by atoms with Crippen LogP contribution in [0.15, 0.2) is 36.5 Å². The predicted octanol–water partition coefficient (Wildman–Crippen LogP) is 3.26. The number of carbonyl (C=O) groups is 1. The van der Waals surface area contributed by atoms with Crippen molar-refractivity contribution >= 4 is 17.7 Å². The maximum atomic E-state index is 12.4. The molecular weight excluding hydrogens is 339 g/mol. The Hall–Kier alpha value is -1.96. The fourth-order valence-corrected chi connectivity index (χ4v) is 2.76. The minimum absolute atomic E-state index is 0.224. The van der Waals surface area contributed by atoms with Crippen molar-refractivity contribution in [1.29, 1.82) is 0 Å². The van der Waals surface area contributed by atoms with Gasteiger partial charge in [0.25, 0.3) is 0 Å². The van der Waals surface area contributed by atoms with E-state index in [9.17, 15) is 18.0 Å². The highest BCUT2D eigenvalue weighted by Crippen LogP contribution is 2.27. The zero-order valence-corrected chi connectivity index (χ0v) is 14.0. The van der Waals surface area contributed by atoms with Crippen molar-refractivity contribution in [2.24, 2.45) is 0 Å². The first-order valence-corrected chi connectivity index (χ1v) is 8.51.